The minimum atomic E-state index is -0.120. The first-order valence-electron chi connectivity index (χ1n) is 9.58. The summed E-state index contributed by atoms with van der Waals surface area (Å²) < 4.78 is 5.22. The predicted molar refractivity (Wildman–Crippen MR) is 109 cm³/mol. The van der Waals surface area contributed by atoms with Crippen molar-refractivity contribution in [1.82, 2.24) is 10.1 Å². The molecule has 1 amide bonds. The van der Waals surface area contributed by atoms with Gasteiger partial charge in [-0.1, -0.05) is 25.9 Å². The van der Waals surface area contributed by atoms with Crippen LogP contribution in [0.15, 0.2) is 34.9 Å². The molecular weight excluding hydrogens is 356 g/mol. The van der Waals surface area contributed by atoms with E-state index in [-0.39, 0.29) is 17.1 Å². The number of piperazine rings is 1. The lowest BCUT2D eigenvalue weighted by Gasteiger charge is -2.35. The molecule has 7 nitrogen and oxygen atoms in total. The number of amides is 1. The normalized spacial score (nSPS) is 15.5. The third-order valence-electron chi connectivity index (χ3n) is 4.92. The minimum Gasteiger partial charge on any atom is -0.369 e. The van der Waals surface area contributed by atoms with E-state index in [9.17, 15) is 9.59 Å². The van der Waals surface area contributed by atoms with E-state index in [1.54, 1.807) is 13.0 Å². The summed E-state index contributed by atoms with van der Waals surface area (Å²) in [5, 5.41) is 6.80. The van der Waals surface area contributed by atoms with Crippen molar-refractivity contribution in [3.63, 3.8) is 0 Å². The number of benzene rings is 1. The molecule has 0 radical (unpaired) electrons. The van der Waals surface area contributed by atoms with Crippen LogP contribution in [-0.2, 0) is 10.2 Å². The zero-order chi connectivity index (χ0) is 20.3. The number of hydrogen-bond acceptors (Lipinski definition) is 6. The number of aromatic nitrogens is 1. The molecular formula is C21H28N4O3. The molecule has 0 atom stereocenters. The Bertz CT molecular complexity index is 828. The smallest absolute Gasteiger partial charge is 0.240 e. The highest BCUT2D eigenvalue weighted by Gasteiger charge is 2.22. The maximum Gasteiger partial charge on any atom is 0.240 e. The molecule has 1 aliphatic heterocycles. The van der Waals surface area contributed by atoms with Gasteiger partial charge < -0.3 is 9.42 Å². The Morgan fingerprint density at radius 1 is 1.11 bits per heavy atom. The van der Waals surface area contributed by atoms with Crippen LogP contribution < -0.4 is 10.2 Å². The largest absolute Gasteiger partial charge is 0.369 e. The molecule has 0 spiro atoms. The van der Waals surface area contributed by atoms with Crippen LogP contribution in [0.25, 0.3) is 0 Å². The summed E-state index contributed by atoms with van der Waals surface area (Å²) >= 11 is 0. The topological polar surface area (TPSA) is 78.7 Å². The van der Waals surface area contributed by atoms with E-state index in [1.807, 2.05) is 45.0 Å². The van der Waals surface area contributed by atoms with Crippen molar-refractivity contribution >= 4 is 23.3 Å². The fourth-order valence-electron chi connectivity index (χ4n) is 3.14. The maximum absolute atomic E-state index is 12.3. The number of nitrogens with zero attached hydrogens (tertiary/aromatic N) is 3. The molecule has 7 heteroatoms. The third-order valence-corrected chi connectivity index (χ3v) is 4.92. The lowest BCUT2D eigenvalue weighted by atomic mass is 9.92. The van der Waals surface area contributed by atoms with Gasteiger partial charge in [0.2, 0.25) is 11.8 Å². The van der Waals surface area contributed by atoms with Crippen molar-refractivity contribution in [1.29, 1.82) is 0 Å². The van der Waals surface area contributed by atoms with E-state index >= 15 is 0 Å². The summed E-state index contributed by atoms with van der Waals surface area (Å²) in [6.07, 6.45) is 0. The van der Waals surface area contributed by atoms with E-state index in [4.69, 9.17) is 4.52 Å². The van der Waals surface area contributed by atoms with Crippen LogP contribution in [0.5, 0.6) is 0 Å². The molecule has 1 aliphatic rings. The summed E-state index contributed by atoms with van der Waals surface area (Å²) in [5.74, 6) is 0.360. The van der Waals surface area contributed by atoms with Crippen LogP contribution in [0.3, 0.4) is 0 Å². The Hall–Kier alpha value is -2.67. The maximum atomic E-state index is 12.3. The first-order chi connectivity index (χ1) is 13.2. The Morgan fingerprint density at radius 2 is 1.75 bits per heavy atom. The van der Waals surface area contributed by atoms with Crippen LogP contribution in [0.2, 0.25) is 0 Å². The summed E-state index contributed by atoms with van der Waals surface area (Å²) in [6.45, 7) is 11.3. The highest BCUT2D eigenvalue weighted by Crippen LogP contribution is 2.23. The lowest BCUT2D eigenvalue weighted by molar-refractivity contribution is -0.117. The van der Waals surface area contributed by atoms with Crippen molar-refractivity contribution in [3.8, 4) is 0 Å². The monoisotopic (exact) mass is 384 g/mol. The van der Waals surface area contributed by atoms with Crippen molar-refractivity contribution in [3.05, 3.63) is 41.6 Å². The van der Waals surface area contributed by atoms with Gasteiger partial charge in [0.25, 0.3) is 0 Å². The van der Waals surface area contributed by atoms with E-state index < -0.39 is 0 Å². The Labute approximate surface area is 165 Å². The summed E-state index contributed by atoms with van der Waals surface area (Å²) in [7, 11) is 0. The van der Waals surface area contributed by atoms with Crippen LogP contribution in [0, 0.1) is 0 Å². The van der Waals surface area contributed by atoms with Gasteiger partial charge >= 0.3 is 0 Å². The second kappa shape index (κ2) is 8.14. The van der Waals surface area contributed by atoms with E-state index in [2.05, 4.69) is 20.3 Å². The van der Waals surface area contributed by atoms with Crippen molar-refractivity contribution < 1.29 is 14.1 Å². The van der Waals surface area contributed by atoms with Gasteiger partial charge in [-0.2, -0.15) is 0 Å². The number of Topliss-reactive ketones (excluding diaryl/α,β-unsaturated/α-hetero) is 1. The van der Waals surface area contributed by atoms with Crippen LogP contribution >= 0.6 is 0 Å². The number of anilines is 2. The first kappa shape index (κ1) is 20.1. The number of ketones is 1. The summed E-state index contributed by atoms with van der Waals surface area (Å²) in [6, 6.07) is 9.47. The molecule has 0 saturated carbocycles. The van der Waals surface area contributed by atoms with E-state index in [0.717, 1.165) is 43.1 Å². The number of rotatable bonds is 5. The van der Waals surface area contributed by atoms with Gasteiger partial charge in [0.1, 0.15) is 0 Å². The number of hydrogen-bond donors (Lipinski definition) is 1. The van der Waals surface area contributed by atoms with Gasteiger partial charge in [0, 0.05) is 48.9 Å². The van der Waals surface area contributed by atoms with Crippen LogP contribution in [0.1, 0.15) is 43.7 Å². The highest BCUT2D eigenvalue weighted by atomic mass is 16.5. The SMILES string of the molecule is CC(=O)c1ccc(N2CCN(CC(=O)Nc3cc(C(C)(C)C)no3)CC2)cc1. The average Bonchev–Trinajstić information content (AvgIpc) is 3.11. The zero-order valence-corrected chi connectivity index (χ0v) is 17.0. The zero-order valence-electron chi connectivity index (χ0n) is 17.0. The fraction of sp³-hybridized carbons (Fsp3) is 0.476. The van der Waals surface area contributed by atoms with Crippen molar-refractivity contribution in [2.45, 2.75) is 33.1 Å². The molecule has 1 N–H and O–H groups in total. The van der Waals surface area contributed by atoms with Gasteiger partial charge in [0.05, 0.1) is 12.2 Å². The standard InChI is InChI=1S/C21H28N4O3/c1-15(26)16-5-7-17(8-6-16)25-11-9-24(10-12-25)14-19(27)22-20-13-18(23-28-20)21(2,3)4/h5-8,13H,9-12,14H2,1-4H3,(H,22,27). The molecule has 1 aromatic heterocycles. The number of carbonyl (C=O) groups excluding carboxylic acids is 2. The summed E-state index contributed by atoms with van der Waals surface area (Å²) in [5.41, 5.74) is 2.52. The van der Waals surface area contributed by atoms with E-state index in [1.165, 1.54) is 0 Å². The van der Waals surface area contributed by atoms with E-state index in [0.29, 0.717) is 12.4 Å². The second-order valence-electron chi connectivity index (χ2n) is 8.24. The van der Waals surface area contributed by atoms with Gasteiger partial charge in [-0.05, 0) is 31.2 Å². The molecule has 1 saturated heterocycles. The summed E-state index contributed by atoms with van der Waals surface area (Å²) in [4.78, 5) is 28.1. The third kappa shape index (κ3) is 4.98. The molecule has 0 aliphatic carbocycles. The van der Waals surface area contributed by atoms with Crippen molar-refractivity contribution in [2.75, 3.05) is 42.9 Å². The minimum absolute atomic E-state index is 0.0729. The van der Waals surface area contributed by atoms with Crippen LogP contribution in [0.4, 0.5) is 11.6 Å². The molecule has 1 fully saturated rings. The first-order valence-corrected chi connectivity index (χ1v) is 9.58. The Morgan fingerprint density at radius 3 is 2.29 bits per heavy atom. The molecule has 3 rings (SSSR count). The molecule has 1 aromatic carbocycles. The number of nitrogens with one attached hydrogen (secondary N) is 1. The molecule has 28 heavy (non-hydrogen) atoms. The van der Waals surface area contributed by atoms with Gasteiger partial charge in [0.15, 0.2) is 5.78 Å². The molecule has 0 bridgehead atoms. The fourth-order valence-corrected chi connectivity index (χ4v) is 3.14. The quantitative estimate of drug-likeness (QED) is 0.799. The highest BCUT2D eigenvalue weighted by molar-refractivity contribution is 5.94. The molecule has 150 valence electrons. The van der Waals surface area contributed by atoms with Gasteiger partial charge in [-0.3, -0.25) is 19.8 Å². The van der Waals surface area contributed by atoms with Gasteiger partial charge in [-0.15, -0.1) is 0 Å². The van der Waals surface area contributed by atoms with Crippen molar-refractivity contribution in [2.24, 2.45) is 0 Å². The predicted octanol–water partition coefficient (Wildman–Crippen LogP) is 2.94. The Balaban J connectivity index is 1.48. The molecule has 0 unspecified atom stereocenters. The molecule has 2 aromatic rings. The lowest BCUT2D eigenvalue weighted by Crippen LogP contribution is -2.48. The average molecular weight is 384 g/mol. The second-order valence-corrected chi connectivity index (χ2v) is 8.24. The number of carbonyl (C=O) groups is 2. The van der Waals surface area contributed by atoms with Crippen LogP contribution in [-0.4, -0.2) is 54.5 Å². The van der Waals surface area contributed by atoms with Gasteiger partial charge in [-0.25, -0.2) is 0 Å². The molecule has 2 heterocycles. The Kier molecular flexibility index (Phi) is 5.84.